The molecule has 0 radical (unpaired) electrons. The minimum Gasteiger partial charge on any atom is -0.394 e. The maximum Gasteiger partial charge on any atom is 0.274 e. The summed E-state index contributed by atoms with van der Waals surface area (Å²) in [4.78, 5) is 20.2. The molecule has 5 rings (SSSR count). The normalized spacial score (nSPS) is 28.5. The first-order valence-corrected chi connectivity index (χ1v) is 8.99. The van der Waals surface area contributed by atoms with Crippen LogP contribution in [0.1, 0.15) is 28.3 Å². The van der Waals surface area contributed by atoms with E-state index in [1.165, 1.54) is 11.3 Å². The molecule has 1 atom stereocenters. The third kappa shape index (κ3) is 2.29. The van der Waals surface area contributed by atoms with Crippen LogP contribution in [0.25, 0.3) is 10.4 Å². The molecule has 1 saturated carbocycles. The summed E-state index contributed by atoms with van der Waals surface area (Å²) in [7, 11) is 0. The number of benzene rings is 1. The monoisotopic (exact) mass is 344 g/mol. The van der Waals surface area contributed by atoms with Gasteiger partial charge < -0.3 is 15.1 Å². The molecule has 1 aliphatic carbocycles. The average molecular weight is 344 g/mol. The number of hydrogen-bond donors (Lipinski definition) is 2. The molecule has 2 saturated heterocycles. The molecule has 2 N–H and O–H groups in total. The van der Waals surface area contributed by atoms with Crippen molar-refractivity contribution in [2.45, 2.75) is 31.4 Å². The summed E-state index contributed by atoms with van der Waals surface area (Å²) in [5.41, 5.74) is 0.870. The molecule has 2 aromatic rings. The van der Waals surface area contributed by atoms with Crippen molar-refractivity contribution >= 4 is 17.2 Å². The number of carbonyl (C=O) groups is 1. The van der Waals surface area contributed by atoms with E-state index in [0.717, 1.165) is 15.4 Å². The number of thiazole rings is 1. The van der Waals surface area contributed by atoms with Gasteiger partial charge in [0.15, 0.2) is 0 Å². The van der Waals surface area contributed by atoms with Gasteiger partial charge in [-0.05, 0) is 31.2 Å². The quantitative estimate of drug-likeness (QED) is 0.894. The molecule has 1 aromatic carbocycles. The first-order valence-electron chi connectivity index (χ1n) is 8.18. The molecule has 126 valence electrons. The number of aryl methyl sites for hydroxylation is 1. The number of fused-ring (bicyclic) bond motifs is 2. The molecule has 0 spiro atoms. The van der Waals surface area contributed by atoms with Gasteiger partial charge in [0.2, 0.25) is 0 Å². The standard InChI is InChI=1S/C18H20N2O3S/c1-11-19-15(16(24-11)12-5-3-2-4-6-12)17(23)20-9-14(22)13-7-18(20,8-13)10-21/h2-6,13-14,21-22H,7-10H2,1H3. The Labute approximate surface area is 144 Å². The van der Waals surface area contributed by atoms with Crippen LogP contribution >= 0.6 is 11.3 Å². The molecule has 2 bridgehead atoms. The Hall–Kier alpha value is -1.76. The number of aliphatic hydroxyl groups is 2. The molecule has 1 unspecified atom stereocenters. The predicted molar refractivity (Wildman–Crippen MR) is 91.9 cm³/mol. The van der Waals surface area contributed by atoms with E-state index in [2.05, 4.69) is 4.98 Å². The number of nitrogens with zero attached hydrogens (tertiary/aromatic N) is 2. The minimum atomic E-state index is -0.521. The molecule has 6 heteroatoms. The van der Waals surface area contributed by atoms with Crippen LogP contribution in [-0.4, -0.2) is 50.8 Å². The Morgan fingerprint density at radius 1 is 1.38 bits per heavy atom. The summed E-state index contributed by atoms with van der Waals surface area (Å²) >= 11 is 1.50. The maximum atomic E-state index is 13.2. The summed E-state index contributed by atoms with van der Waals surface area (Å²) in [6.45, 7) is 2.10. The lowest BCUT2D eigenvalue weighted by molar-refractivity contribution is -0.142. The first kappa shape index (κ1) is 15.7. The van der Waals surface area contributed by atoms with E-state index < -0.39 is 11.6 Å². The van der Waals surface area contributed by atoms with Crippen molar-refractivity contribution in [3.8, 4) is 10.4 Å². The molecule has 2 aliphatic heterocycles. The van der Waals surface area contributed by atoms with Crippen molar-refractivity contribution in [3.63, 3.8) is 0 Å². The summed E-state index contributed by atoms with van der Waals surface area (Å²) in [5.74, 6) is 0.0106. The first-order chi connectivity index (χ1) is 11.5. The molecule has 3 heterocycles. The number of rotatable bonds is 3. The van der Waals surface area contributed by atoms with Gasteiger partial charge in [-0.25, -0.2) is 4.98 Å². The van der Waals surface area contributed by atoms with Crippen LogP contribution in [0.15, 0.2) is 30.3 Å². The topological polar surface area (TPSA) is 73.7 Å². The van der Waals surface area contributed by atoms with Gasteiger partial charge in [-0.2, -0.15) is 0 Å². The number of amides is 1. The zero-order chi connectivity index (χ0) is 16.9. The Kier molecular flexibility index (Phi) is 3.71. The number of carbonyl (C=O) groups excluding carboxylic acids is 1. The Morgan fingerprint density at radius 2 is 2.08 bits per heavy atom. The molecule has 24 heavy (non-hydrogen) atoms. The lowest BCUT2D eigenvalue weighted by Gasteiger charge is -2.60. The average Bonchev–Trinajstić information content (AvgIpc) is 2.95. The molecule has 5 nitrogen and oxygen atoms in total. The van der Waals surface area contributed by atoms with Crippen molar-refractivity contribution in [3.05, 3.63) is 41.0 Å². The molecular formula is C18H20N2O3S. The third-order valence-corrected chi connectivity index (χ3v) is 6.30. The Morgan fingerprint density at radius 3 is 2.75 bits per heavy atom. The van der Waals surface area contributed by atoms with E-state index in [0.29, 0.717) is 18.5 Å². The van der Waals surface area contributed by atoms with Crippen molar-refractivity contribution in [1.82, 2.24) is 9.88 Å². The zero-order valence-corrected chi connectivity index (χ0v) is 14.3. The summed E-state index contributed by atoms with van der Waals surface area (Å²) < 4.78 is 0. The highest BCUT2D eigenvalue weighted by molar-refractivity contribution is 7.15. The SMILES string of the molecule is Cc1nc(C(=O)N2CC(O)C3CC2(CO)C3)c(-c2ccccc2)s1. The fraction of sp³-hybridized carbons (Fsp3) is 0.444. The van der Waals surface area contributed by atoms with Crippen LogP contribution in [-0.2, 0) is 0 Å². The van der Waals surface area contributed by atoms with Crippen molar-refractivity contribution < 1.29 is 15.0 Å². The largest absolute Gasteiger partial charge is 0.394 e. The summed E-state index contributed by atoms with van der Waals surface area (Å²) in [6, 6.07) is 9.76. The van der Waals surface area contributed by atoms with Gasteiger partial charge in [-0.3, -0.25) is 4.79 Å². The fourth-order valence-electron chi connectivity index (χ4n) is 3.94. The Bertz CT molecular complexity index is 768. The number of aliphatic hydroxyl groups excluding tert-OH is 2. The van der Waals surface area contributed by atoms with Gasteiger partial charge in [-0.1, -0.05) is 30.3 Å². The van der Waals surface area contributed by atoms with Crippen LogP contribution in [0.2, 0.25) is 0 Å². The lowest BCUT2D eigenvalue weighted by atomic mass is 9.61. The molecule has 3 fully saturated rings. The number of piperidine rings is 2. The van der Waals surface area contributed by atoms with Crippen LogP contribution in [0.3, 0.4) is 0 Å². The van der Waals surface area contributed by atoms with Crippen molar-refractivity contribution in [2.75, 3.05) is 13.2 Å². The van der Waals surface area contributed by atoms with E-state index in [4.69, 9.17) is 0 Å². The van der Waals surface area contributed by atoms with Gasteiger partial charge in [0.25, 0.3) is 5.91 Å². The fourth-order valence-corrected chi connectivity index (χ4v) is 4.85. The van der Waals surface area contributed by atoms with Crippen LogP contribution in [0, 0.1) is 12.8 Å². The van der Waals surface area contributed by atoms with E-state index >= 15 is 0 Å². The van der Waals surface area contributed by atoms with E-state index in [1.54, 1.807) is 4.90 Å². The van der Waals surface area contributed by atoms with E-state index in [-0.39, 0.29) is 25.0 Å². The second kappa shape index (κ2) is 5.65. The van der Waals surface area contributed by atoms with Gasteiger partial charge in [-0.15, -0.1) is 11.3 Å². The second-order valence-corrected chi connectivity index (χ2v) is 8.01. The molecule has 3 aliphatic rings. The predicted octanol–water partition coefficient (Wildman–Crippen LogP) is 2.08. The van der Waals surface area contributed by atoms with E-state index in [9.17, 15) is 15.0 Å². The van der Waals surface area contributed by atoms with Crippen molar-refractivity contribution in [1.29, 1.82) is 0 Å². The van der Waals surface area contributed by atoms with Crippen LogP contribution in [0.4, 0.5) is 0 Å². The number of aromatic nitrogens is 1. The highest BCUT2D eigenvalue weighted by Gasteiger charge is 2.57. The summed E-state index contributed by atoms with van der Waals surface area (Å²) in [6.07, 6.45) is 0.822. The third-order valence-electron chi connectivity index (χ3n) is 5.28. The highest BCUT2D eigenvalue weighted by Crippen LogP contribution is 2.49. The van der Waals surface area contributed by atoms with Crippen molar-refractivity contribution in [2.24, 2.45) is 5.92 Å². The molecular weight excluding hydrogens is 324 g/mol. The maximum absolute atomic E-state index is 13.2. The van der Waals surface area contributed by atoms with E-state index in [1.807, 2.05) is 37.3 Å². The zero-order valence-electron chi connectivity index (χ0n) is 13.5. The number of hydrogen-bond acceptors (Lipinski definition) is 5. The van der Waals surface area contributed by atoms with Crippen LogP contribution < -0.4 is 0 Å². The van der Waals surface area contributed by atoms with Gasteiger partial charge >= 0.3 is 0 Å². The number of β-amino-alcohol motifs (C(OH)–C–C–N with tert-alkyl or cyclic N) is 1. The lowest BCUT2D eigenvalue weighted by Crippen LogP contribution is -2.70. The minimum absolute atomic E-state index is 0.0637. The Balaban J connectivity index is 1.73. The summed E-state index contributed by atoms with van der Waals surface area (Å²) in [5, 5.41) is 20.9. The van der Waals surface area contributed by atoms with Crippen LogP contribution in [0.5, 0.6) is 0 Å². The van der Waals surface area contributed by atoms with Gasteiger partial charge in [0, 0.05) is 6.54 Å². The second-order valence-electron chi connectivity index (χ2n) is 6.81. The highest BCUT2D eigenvalue weighted by atomic mass is 32.1. The smallest absolute Gasteiger partial charge is 0.274 e. The van der Waals surface area contributed by atoms with Gasteiger partial charge in [0.05, 0.1) is 28.1 Å². The molecule has 1 amide bonds. The molecule has 1 aromatic heterocycles. The van der Waals surface area contributed by atoms with Gasteiger partial charge in [0.1, 0.15) is 5.69 Å².